The summed E-state index contributed by atoms with van der Waals surface area (Å²) in [4.78, 5) is 19.7. The van der Waals surface area contributed by atoms with E-state index in [0.717, 1.165) is 12.8 Å². The summed E-state index contributed by atoms with van der Waals surface area (Å²) >= 11 is 0. The van der Waals surface area contributed by atoms with Crippen LogP contribution in [0.4, 0.5) is 0 Å². The molecule has 0 atom stereocenters. The zero-order valence-electron chi connectivity index (χ0n) is 6.00. The van der Waals surface area contributed by atoms with Gasteiger partial charge in [0, 0.05) is 11.8 Å². The van der Waals surface area contributed by atoms with Gasteiger partial charge >= 0.3 is 5.91 Å². The Kier molecular flexibility index (Phi) is 5.86. The minimum absolute atomic E-state index is 0.177. The molecule has 0 aliphatic heterocycles. The number of ether oxygens (including phenoxy) is 1. The minimum Gasteiger partial charge on any atom is -0.371 e. The van der Waals surface area contributed by atoms with Gasteiger partial charge in [-0.15, -0.1) is 4.91 Å². The van der Waals surface area contributed by atoms with Crippen LogP contribution in [0.2, 0.25) is 0 Å². The largest absolute Gasteiger partial charge is 0.371 e. The smallest absolute Gasteiger partial charge is 0.311 e. The second-order valence-electron chi connectivity index (χ2n) is 1.89. The van der Waals surface area contributed by atoms with Crippen molar-refractivity contribution < 1.29 is 9.53 Å². The van der Waals surface area contributed by atoms with Gasteiger partial charge in [0.1, 0.15) is 6.61 Å². The molecule has 0 bridgehead atoms. The first-order valence-electron chi connectivity index (χ1n) is 3.25. The molecule has 0 unspecified atom stereocenters. The molecule has 58 valence electrons. The number of hydrogen-bond donors (Lipinski definition) is 0. The highest BCUT2D eigenvalue weighted by molar-refractivity contribution is 5.77. The standard InChI is InChI=1S/C6H11NO3/c1-2-3-4-10-5-6(8)7-9/h2-5H2,1H3. The van der Waals surface area contributed by atoms with Crippen LogP contribution in [0.15, 0.2) is 5.18 Å². The van der Waals surface area contributed by atoms with Gasteiger partial charge in [0.2, 0.25) is 0 Å². The summed E-state index contributed by atoms with van der Waals surface area (Å²) in [5, 5.41) is 2.17. The number of rotatable bonds is 5. The van der Waals surface area contributed by atoms with E-state index >= 15 is 0 Å². The second kappa shape index (κ2) is 6.35. The van der Waals surface area contributed by atoms with Crippen molar-refractivity contribution in [1.82, 2.24) is 0 Å². The fourth-order valence-electron chi connectivity index (χ4n) is 0.432. The van der Waals surface area contributed by atoms with Crippen molar-refractivity contribution in [2.75, 3.05) is 13.2 Å². The van der Waals surface area contributed by atoms with E-state index in [1.165, 1.54) is 0 Å². The van der Waals surface area contributed by atoms with Crippen LogP contribution in [-0.2, 0) is 9.53 Å². The van der Waals surface area contributed by atoms with E-state index in [-0.39, 0.29) is 6.61 Å². The quantitative estimate of drug-likeness (QED) is 0.430. The van der Waals surface area contributed by atoms with Gasteiger partial charge < -0.3 is 4.74 Å². The van der Waals surface area contributed by atoms with E-state index in [4.69, 9.17) is 4.74 Å². The molecule has 0 spiro atoms. The Bertz CT molecular complexity index is 114. The van der Waals surface area contributed by atoms with Crippen molar-refractivity contribution in [1.29, 1.82) is 0 Å². The number of nitroso groups, excluding NO2 is 1. The van der Waals surface area contributed by atoms with Crippen LogP contribution in [-0.4, -0.2) is 19.1 Å². The third kappa shape index (κ3) is 5.37. The molecule has 0 aromatic carbocycles. The first-order valence-corrected chi connectivity index (χ1v) is 3.25. The number of amides is 1. The SMILES string of the molecule is CCCCOCC(=O)N=O. The molecule has 0 saturated heterocycles. The number of nitrogens with zero attached hydrogens (tertiary/aromatic N) is 1. The van der Waals surface area contributed by atoms with Gasteiger partial charge in [-0.1, -0.05) is 13.3 Å². The topological polar surface area (TPSA) is 55.7 Å². The van der Waals surface area contributed by atoms with Crippen LogP contribution in [0, 0.1) is 4.91 Å². The van der Waals surface area contributed by atoms with Gasteiger partial charge in [-0.3, -0.25) is 4.79 Å². The lowest BCUT2D eigenvalue weighted by molar-refractivity contribution is -0.122. The average Bonchev–Trinajstić information content (AvgIpc) is 1.98. The molecule has 4 nitrogen and oxygen atoms in total. The summed E-state index contributed by atoms with van der Waals surface area (Å²) in [6.45, 7) is 2.37. The van der Waals surface area contributed by atoms with Crippen molar-refractivity contribution >= 4 is 5.91 Å². The first-order chi connectivity index (χ1) is 4.81. The van der Waals surface area contributed by atoms with Gasteiger partial charge in [-0.05, 0) is 6.42 Å². The molecule has 10 heavy (non-hydrogen) atoms. The first kappa shape index (κ1) is 9.23. The molecule has 0 aromatic rings. The molecular weight excluding hydrogens is 134 g/mol. The summed E-state index contributed by atoms with van der Waals surface area (Å²) in [6, 6.07) is 0. The Labute approximate surface area is 59.5 Å². The van der Waals surface area contributed by atoms with E-state index < -0.39 is 5.91 Å². The molecule has 0 heterocycles. The van der Waals surface area contributed by atoms with Crippen LogP contribution in [0.5, 0.6) is 0 Å². The minimum atomic E-state index is -0.740. The maximum Gasteiger partial charge on any atom is 0.311 e. The molecule has 0 saturated carbocycles. The van der Waals surface area contributed by atoms with Gasteiger partial charge in [0.05, 0.1) is 0 Å². The second-order valence-corrected chi connectivity index (χ2v) is 1.89. The monoisotopic (exact) mass is 145 g/mol. The number of carbonyl (C=O) groups excluding carboxylic acids is 1. The van der Waals surface area contributed by atoms with Crippen LogP contribution < -0.4 is 0 Å². The van der Waals surface area contributed by atoms with Gasteiger partial charge in [0.15, 0.2) is 0 Å². The van der Waals surface area contributed by atoms with Crippen LogP contribution >= 0.6 is 0 Å². The molecule has 0 aliphatic carbocycles. The maximum atomic E-state index is 10.2. The predicted molar refractivity (Wildman–Crippen MR) is 36.5 cm³/mol. The Hall–Kier alpha value is -0.770. The number of unbranched alkanes of at least 4 members (excludes halogenated alkanes) is 1. The molecular formula is C6H11NO3. The zero-order chi connectivity index (χ0) is 7.82. The fraction of sp³-hybridized carbons (Fsp3) is 0.833. The summed E-state index contributed by atoms with van der Waals surface area (Å²) in [6.07, 6.45) is 1.93. The van der Waals surface area contributed by atoms with Crippen molar-refractivity contribution in [3.63, 3.8) is 0 Å². The Morgan fingerprint density at radius 1 is 1.60 bits per heavy atom. The predicted octanol–water partition coefficient (Wildman–Crippen LogP) is 1.10. The highest BCUT2D eigenvalue weighted by Crippen LogP contribution is 1.87. The normalized spacial score (nSPS) is 9.30. The third-order valence-corrected chi connectivity index (χ3v) is 0.970. The summed E-state index contributed by atoms with van der Waals surface area (Å²) in [7, 11) is 0. The Balaban J connectivity index is 3.03. The molecule has 0 aliphatic rings. The van der Waals surface area contributed by atoms with Crippen molar-refractivity contribution in [3.05, 3.63) is 4.91 Å². The highest BCUT2D eigenvalue weighted by Gasteiger charge is 1.97. The van der Waals surface area contributed by atoms with E-state index in [1.807, 2.05) is 6.92 Å². The molecule has 0 rings (SSSR count). The third-order valence-electron chi connectivity index (χ3n) is 0.970. The Morgan fingerprint density at radius 3 is 2.80 bits per heavy atom. The molecule has 1 amide bonds. The van der Waals surface area contributed by atoms with Crippen molar-refractivity contribution in [3.8, 4) is 0 Å². The molecule has 0 fully saturated rings. The number of hydrogen-bond acceptors (Lipinski definition) is 3. The lowest BCUT2D eigenvalue weighted by Gasteiger charge is -1.96. The summed E-state index contributed by atoms with van der Waals surface area (Å²) < 4.78 is 4.78. The van der Waals surface area contributed by atoms with Gasteiger partial charge in [-0.25, -0.2) is 0 Å². The summed E-state index contributed by atoms with van der Waals surface area (Å²) in [5.41, 5.74) is 0. The molecule has 0 radical (unpaired) electrons. The van der Waals surface area contributed by atoms with Crippen molar-refractivity contribution in [2.24, 2.45) is 5.18 Å². The lowest BCUT2D eigenvalue weighted by atomic mass is 10.4. The maximum absolute atomic E-state index is 10.2. The van der Waals surface area contributed by atoms with E-state index in [1.54, 1.807) is 0 Å². The van der Waals surface area contributed by atoms with Gasteiger partial charge in [-0.2, -0.15) is 0 Å². The average molecular weight is 145 g/mol. The van der Waals surface area contributed by atoms with Crippen LogP contribution in [0.3, 0.4) is 0 Å². The lowest BCUT2D eigenvalue weighted by Crippen LogP contribution is -2.05. The van der Waals surface area contributed by atoms with E-state index in [9.17, 15) is 9.70 Å². The highest BCUT2D eigenvalue weighted by atomic mass is 16.5. The van der Waals surface area contributed by atoms with E-state index in [2.05, 4.69) is 5.18 Å². The molecule has 0 N–H and O–H groups in total. The molecule has 4 heteroatoms. The van der Waals surface area contributed by atoms with Crippen LogP contribution in [0.25, 0.3) is 0 Å². The summed E-state index contributed by atoms with van der Waals surface area (Å²) in [5.74, 6) is -0.740. The zero-order valence-corrected chi connectivity index (χ0v) is 6.00. The Morgan fingerprint density at radius 2 is 2.30 bits per heavy atom. The fourth-order valence-corrected chi connectivity index (χ4v) is 0.432. The van der Waals surface area contributed by atoms with Gasteiger partial charge in [0.25, 0.3) is 0 Å². The number of carbonyl (C=O) groups is 1. The van der Waals surface area contributed by atoms with Crippen molar-refractivity contribution in [2.45, 2.75) is 19.8 Å². The van der Waals surface area contributed by atoms with Crippen LogP contribution in [0.1, 0.15) is 19.8 Å². The van der Waals surface area contributed by atoms with E-state index in [0.29, 0.717) is 6.61 Å². The molecule has 0 aromatic heterocycles.